The molecule has 0 aliphatic carbocycles. The summed E-state index contributed by atoms with van der Waals surface area (Å²) >= 11 is 0. The van der Waals surface area contributed by atoms with Gasteiger partial charge in [0.2, 0.25) is 6.41 Å². The number of rotatable bonds is 11. The highest BCUT2D eigenvalue weighted by Gasteiger charge is 2.25. The van der Waals surface area contributed by atoms with Gasteiger partial charge in [0.1, 0.15) is 22.8 Å². The van der Waals surface area contributed by atoms with E-state index in [1.54, 1.807) is 59.8 Å². The van der Waals surface area contributed by atoms with Gasteiger partial charge in [-0.3, -0.25) is 28.5 Å². The fraction of sp³-hybridized carbons (Fsp3) is 0.233. The SMILES string of the molecule is [CH2]CCNC(=O)c1cc(NC(=O)c2cc(NC(=O)c3cc(NC(=O)c4cc(NC(=O)N5CC5)cn4C)cn3C)cn2C)cn1C=O. The number of hydrogen-bond donors (Lipinski definition) is 5. The minimum absolute atomic E-state index is 0.0563. The van der Waals surface area contributed by atoms with Gasteiger partial charge < -0.3 is 45.2 Å². The van der Waals surface area contributed by atoms with Crippen molar-refractivity contribution in [1.82, 2.24) is 28.5 Å². The predicted octanol–water partition coefficient (Wildman–Crippen LogP) is 2.10. The third kappa shape index (κ3) is 6.85. The topological polar surface area (TPSA) is 185 Å². The van der Waals surface area contributed by atoms with Gasteiger partial charge in [-0.25, -0.2) is 4.79 Å². The third-order valence-corrected chi connectivity index (χ3v) is 7.13. The first kappa shape index (κ1) is 31.4. The molecule has 0 unspecified atom stereocenters. The lowest BCUT2D eigenvalue weighted by Crippen LogP contribution is -2.26. The first-order chi connectivity index (χ1) is 22.0. The number of hydrogen-bond acceptors (Lipinski definition) is 6. The lowest BCUT2D eigenvalue weighted by Gasteiger charge is -2.03. The molecule has 16 heteroatoms. The number of carbonyl (C=O) groups excluding carboxylic acids is 6. The Morgan fingerprint density at radius 2 is 1.07 bits per heavy atom. The largest absolute Gasteiger partial charge is 0.351 e. The van der Waals surface area contributed by atoms with Crippen molar-refractivity contribution in [2.75, 3.05) is 40.9 Å². The van der Waals surface area contributed by atoms with Crippen molar-refractivity contribution in [1.29, 1.82) is 0 Å². The zero-order valence-electron chi connectivity index (χ0n) is 25.4. The lowest BCUT2D eigenvalue weighted by molar-refractivity contribution is 0.0945. The Hall–Kier alpha value is -6.06. The number of aromatic nitrogens is 4. The smallest absolute Gasteiger partial charge is 0.322 e. The zero-order valence-corrected chi connectivity index (χ0v) is 25.4. The molecule has 46 heavy (non-hydrogen) atoms. The zero-order chi connectivity index (χ0) is 33.1. The molecule has 0 saturated carbocycles. The molecule has 5 rings (SSSR count). The Morgan fingerprint density at radius 3 is 1.48 bits per heavy atom. The summed E-state index contributed by atoms with van der Waals surface area (Å²) in [5.74, 6) is -1.93. The summed E-state index contributed by atoms with van der Waals surface area (Å²) in [6.07, 6.45) is 7.03. The Balaban J connectivity index is 1.22. The molecule has 5 heterocycles. The molecule has 1 fully saturated rings. The maximum absolute atomic E-state index is 13.1. The Kier molecular flexibility index (Phi) is 8.79. The average Bonchev–Trinajstić information content (AvgIpc) is 3.31. The van der Waals surface area contributed by atoms with Crippen LogP contribution < -0.4 is 26.6 Å². The van der Waals surface area contributed by atoms with Gasteiger partial charge in [0.25, 0.3) is 23.6 Å². The second-order valence-electron chi connectivity index (χ2n) is 10.7. The molecule has 4 aromatic rings. The highest BCUT2D eigenvalue weighted by molar-refractivity contribution is 6.09. The monoisotopic (exact) mass is 629 g/mol. The van der Waals surface area contributed by atoms with Crippen molar-refractivity contribution >= 4 is 58.8 Å². The summed E-state index contributed by atoms with van der Waals surface area (Å²) in [6, 6.07) is 5.71. The molecular weight excluding hydrogens is 596 g/mol. The predicted molar refractivity (Wildman–Crippen MR) is 170 cm³/mol. The molecule has 1 saturated heterocycles. The van der Waals surface area contributed by atoms with Crippen LogP contribution >= 0.6 is 0 Å². The summed E-state index contributed by atoms with van der Waals surface area (Å²) in [4.78, 5) is 76.5. The molecule has 1 aliphatic rings. The average molecular weight is 630 g/mol. The molecule has 0 atom stereocenters. The van der Waals surface area contributed by atoms with E-state index >= 15 is 0 Å². The van der Waals surface area contributed by atoms with Crippen molar-refractivity contribution in [3.8, 4) is 0 Å². The van der Waals surface area contributed by atoms with E-state index in [2.05, 4.69) is 33.5 Å². The Morgan fingerprint density at radius 1 is 0.652 bits per heavy atom. The third-order valence-electron chi connectivity index (χ3n) is 7.13. The van der Waals surface area contributed by atoms with Crippen molar-refractivity contribution in [2.24, 2.45) is 21.1 Å². The molecule has 1 aliphatic heterocycles. The van der Waals surface area contributed by atoms with Crippen LogP contribution in [0.1, 0.15) is 48.4 Å². The second-order valence-corrected chi connectivity index (χ2v) is 10.7. The van der Waals surface area contributed by atoms with Gasteiger partial charge in [0.15, 0.2) is 0 Å². The number of urea groups is 1. The van der Waals surface area contributed by atoms with Crippen LogP contribution in [0.2, 0.25) is 0 Å². The van der Waals surface area contributed by atoms with Gasteiger partial charge in [-0.1, -0.05) is 6.92 Å². The van der Waals surface area contributed by atoms with Crippen LogP contribution in [0.15, 0.2) is 49.1 Å². The molecule has 0 bridgehead atoms. The van der Waals surface area contributed by atoms with Gasteiger partial charge in [-0.05, 0) is 30.7 Å². The summed E-state index contributed by atoms with van der Waals surface area (Å²) in [7, 11) is 4.96. The highest BCUT2D eigenvalue weighted by atomic mass is 16.2. The maximum Gasteiger partial charge on any atom is 0.322 e. The standard InChI is InChI=1S/C30H33N10O6/c1-5-6-31-26(42)25-12-21(16-40(25)17-41)34-29(45)23-10-19(14-37(23)3)32-27(43)22-9-18(13-36(22)2)33-28(44)24-11-20(15-38(24)4)35-30(46)39-7-8-39/h9-17H,1,5-8H2,2-4H3,(H,31,42)(H,32,43)(H,33,44)(H,34,45)(H,35,46). The van der Waals surface area contributed by atoms with E-state index in [4.69, 9.17) is 0 Å². The van der Waals surface area contributed by atoms with Gasteiger partial charge in [-0.15, -0.1) is 0 Å². The lowest BCUT2D eigenvalue weighted by atomic mass is 10.3. The van der Waals surface area contributed by atoms with Crippen LogP contribution in [0.25, 0.3) is 0 Å². The van der Waals surface area contributed by atoms with E-state index in [1.165, 1.54) is 29.0 Å². The molecule has 0 aromatic carbocycles. The molecule has 0 spiro atoms. The Bertz CT molecular complexity index is 1850. The fourth-order valence-electron chi connectivity index (χ4n) is 4.73. The normalized spacial score (nSPS) is 12.0. The number of nitrogens with zero attached hydrogens (tertiary/aromatic N) is 5. The van der Waals surface area contributed by atoms with E-state index in [0.717, 1.165) is 4.57 Å². The molecule has 4 aromatic heterocycles. The van der Waals surface area contributed by atoms with E-state index in [1.807, 2.05) is 0 Å². The molecule has 239 valence electrons. The molecule has 16 nitrogen and oxygen atoms in total. The first-order valence-corrected chi connectivity index (χ1v) is 14.2. The van der Waals surface area contributed by atoms with E-state index in [9.17, 15) is 28.8 Å². The number of nitrogens with one attached hydrogen (secondary N) is 5. The van der Waals surface area contributed by atoms with Crippen LogP contribution in [-0.2, 0) is 25.9 Å². The highest BCUT2D eigenvalue weighted by Crippen LogP contribution is 2.21. The molecular formula is C30H33N10O6. The van der Waals surface area contributed by atoms with Gasteiger partial charge >= 0.3 is 6.03 Å². The van der Waals surface area contributed by atoms with Crippen LogP contribution in [-0.4, -0.2) is 78.9 Å². The van der Waals surface area contributed by atoms with Gasteiger partial charge in [0, 0.05) is 65.6 Å². The minimum atomic E-state index is -0.534. The summed E-state index contributed by atoms with van der Waals surface area (Å²) in [6.45, 7) is 5.39. The first-order valence-electron chi connectivity index (χ1n) is 14.2. The van der Waals surface area contributed by atoms with Crippen molar-refractivity contribution in [3.05, 3.63) is 78.8 Å². The van der Waals surface area contributed by atoms with Gasteiger partial charge in [-0.2, -0.15) is 0 Å². The second kappa shape index (κ2) is 12.9. The number of anilines is 4. The summed E-state index contributed by atoms with van der Waals surface area (Å²) < 4.78 is 5.71. The van der Waals surface area contributed by atoms with Crippen LogP contribution in [0.4, 0.5) is 27.5 Å². The number of carbonyl (C=O) groups is 6. The maximum atomic E-state index is 13.1. The minimum Gasteiger partial charge on any atom is -0.351 e. The quantitative estimate of drug-likeness (QED) is 0.125. The van der Waals surface area contributed by atoms with Crippen molar-refractivity contribution < 1.29 is 28.8 Å². The number of amides is 6. The van der Waals surface area contributed by atoms with Crippen molar-refractivity contribution in [2.45, 2.75) is 6.42 Å². The number of aryl methyl sites for hydroxylation is 3. The summed E-state index contributed by atoms with van der Waals surface area (Å²) in [5, 5.41) is 13.5. The van der Waals surface area contributed by atoms with Crippen LogP contribution in [0.5, 0.6) is 0 Å². The van der Waals surface area contributed by atoms with Crippen LogP contribution in [0, 0.1) is 6.92 Å². The fourth-order valence-corrected chi connectivity index (χ4v) is 4.73. The van der Waals surface area contributed by atoms with Gasteiger partial charge in [0.05, 0.1) is 22.7 Å². The van der Waals surface area contributed by atoms with Crippen molar-refractivity contribution in [3.63, 3.8) is 0 Å². The molecule has 6 amide bonds. The van der Waals surface area contributed by atoms with E-state index in [0.29, 0.717) is 55.2 Å². The summed E-state index contributed by atoms with van der Waals surface area (Å²) in [5.41, 5.74) is 2.24. The Labute approximate surface area is 263 Å². The molecule has 5 N–H and O–H groups in total. The van der Waals surface area contributed by atoms with E-state index in [-0.39, 0.29) is 28.8 Å². The van der Waals surface area contributed by atoms with Crippen LogP contribution in [0.3, 0.4) is 0 Å². The molecule has 1 radical (unpaired) electrons. The van der Waals surface area contributed by atoms with E-state index < -0.39 is 23.6 Å².